The lowest BCUT2D eigenvalue weighted by Crippen LogP contribution is -2.24. The Kier molecular flexibility index (Phi) is 7.67. The third-order valence-corrected chi connectivity index (χ3v) is 4.45. The van der Waals surface area contributed by atoms with Crippen LogP contribution in [-0.2, 0) is 4.79 Å². The minimum atomic E-state index is -0.343. The molecule has 0 unspecified atom stereocenters. The number of hydrazone groups is 1. The summed E-state index contributed by atoms with van der Waals surface area (Å²) in [6.07, 6.45) is 1.53. The number of carbonyl (C=O) groups excluding carboxylic acids is 1. The lowest BCUT2D eigenvalue weighted by Gasteiger charge is -2.12. The van der Waals surface area contributed by atoms with Crippen molar-refractivity contribution in [2.75, 3.05) is 20.3 Å². The monoisotopic (exact) mass is 434 g/mol. The van der Waals surface area contributed by atoms with E-state index in [1.165, 1.54) is 6.21 Å². The Bertz CT molecular complexity index is 837. The van der Waals surface area contributed by atoms with Crippen molar-refractivity contribution >= 4 is 28.1 Å². The minimum absolute atomic E-state index is 0.113. The van der Waals surface area contributed by atoms with Crippen LogP contribution in [0, 0.1) is 13.8 Å². The molecule has 1 amide bonds. The Labute approximate surface area is 167 Å². The van der Waals surface area contributed by atoms with Gasteiger partial charge in [-0.3, -0.25) is 4.79 Å². The first-order valence-corrected chi connectivity index (χ1v) is 9.26. The maximum Gasteiger partial charge on any atom is 0.277 e. The van der Waals surface area contributed by atoms with Gasteiger partial charge in [0.25, 0.3) is 5.91 Å². The highest BCUT2D eigenvalue weighted by atomic mass is 79.9. The quantitative estimate of drug-likeness (QED) is 0.503. The average Bonchev–Trinajstić information content (AvgIpc) is 2.65. The van der Waals surface area contributed by atoms with Crippen molar-refractivity contribution in [3.63, 3.8) is 0 Å². The predicted molar refractivity (Wildman–Crippen MR) is 109 cm³/mol. The topological polar surface area (TPSA) is 69.2 Å². The van der Waals surface area contributed by atoms with Crippen molar-refractivity contribution in [3.05, 3.63) is 51.5 Å². The van der Waals surface area contributed by atoms with Crippen LogP contribution in [0.25, 0.3) is 0 Å². The molecule has 0 aliphatic rings. The molecule has 2 aromatic carbocycles. The summed E-state index contributed by atoms with van der Waals surface area (Å²) in [7, 11) is 1.57. The molecule has 2 aromatic rings. The van der Waals surface area contributed by atoms with Crippen molar-refractivity contribution < 1.29 is 19.0 Å². The lowest BCUT2D eigenvalue weighted by molar-refractivity contribution is -0.123. The average molecular weight is 435 g/mol. The molecule has 0 saturated heterocycles. The van der Waals surface area contributed by atoms with Crippen LogP contribution >= 0.6 is 15.9 Å². The molecule has 0 atom stereocenters. The van der Waals surface area contributed by atoms with E-state index in [4.69, 9.17) is 14.2 Å². The van der Waals surface area contributed by atoms with E-state index in [0.717, 1.165) is 21.2 Å². The van der Waals surface area contributed by atoms with E-state index in [1.807, 2.05) is 45.0 Å². The fraction of sp³-hybridized carbons (Fsp3) is 0.300. The molecule has 0 radical (unpaired) electrons. The molecule has 0 aliphatic carbocycles. The highest BCUT2D eigenvalue weighted by Crippen LogP contribution is 2.36. The van der Waals surface area contributed by atoms with Gasteiger partial charge in [-0.15, -0.1) is 0 Å². The number of benzene rings is 2. The fourth-order valence-electron chi connectivity index (χ4n) is 2.33. The highest BCUT2D eigenvalue weighted by Gasteiger charge is 2.10. The molecule has 2 rings (SSSR count). The van der Waals surface area contributed by atoms with E-state index >= 15 is 0 Å². The number of rotatable bonds is 8. The summed E-state index contributed by atoms with van der Waals surface area (Å²) >= 11 is 3.45. The maximum atomic E-state index is 11.9. The molecule has 0 aromatic heterocycles. The normalized spacial score (nSPS) is 10.7. The smallest absolute Gasteiger partial charge is 0.277 e. The fourth-order valence-corrected chi connectivity index (χ4v) is 2.91. The van der Waals surface area contributed by atoms with Crippen molar-refractivity contribution in [3.8, 4) is 17.2 Å². The molecule has 0 heterocycles. The first-order chi connectivity index (χ1) is 13.0. The molecule has 144 valence electrons. The van der Waals surface area contributed by atoms with Gasteiger partial charge in [0.1, 0.15) is 5.75 Å². The van der Waals surface area contributed by atoms with E-state index in [-0.39, 0.29) is 12.5 Å². The van der Waals surface area contributed by atoms with E-state index in [1.54, 1.807) is 13.2 Å². The zero-order valence-corrected chi connectivity index (χ0v) is 17.4. The predicted octanol–water partition coefficient (Wildman–Crippen LogP) is 4.00. The number of methoxy groups -OCH3 is 1. The summed E-state index contributed by atoms with van der Waals surface area (Å²) in [4.78, 5) is 11.9. The van der Waals surface area contributed by atoms with Gasteiger partial charge in [0.2, 0.25) is 0 Å². The first-order valence-electron chi connectivity index (χ1n) is 8.47. The Morgan fingerprint density at radius 3 is 2.70 bits per heavy atom. The van der Waals surface area contributed by atoms with Gasteiger partial charge < -0.3 is 14.2 Å². The van der Waals surface area contributed by atoms with Crippen LogP contribution in [0.2, 0.25) is 0 Å². The number of ether oxygens (including phenoxy) is 3. The van der Waals surface area contributed by atoms with Crippen LogP contribution < -0.4 is 19.6 Å². The Morgan fingerprint density at radius 1 is 1.22 bits per heavy atom. The number of nitrogens with one attached hydrogen (secondary N) is 1. The number of carbonyl (C=O) groups is 1. The van der Waals surface area contributed by atoms with Crippen molar-refractivity contribution in [1.29, 1.82) is 0 Å². The number of hydrogen-bond acceptors (Lipinski definition) is 5. The molecule has 27 heavy (non-hydrogen) atoms. The van der Waals surface area contributed by atoms with Gasteiger partial charge in [-0.25, -0.2) is 5.43 Å². The van der Waals surface area contributed by atoms with E-state index in [0.29, 0.717) is 23.9 Å². The molecule has 0 spiro atoms. The number of nitrogens with zero attached hydrogens (tertiary/aromatic N) is 1. The molecule has 0 bridgehead atoms. The van der Waals surface area contributed by atoms with Gasteiger partial charge in [-0.2, -0.15) is 5.10 Å². The summed E-state index contributed by atoms with van der Waals surface area (Å²) in [6.45, 7) is 6.27. The standard InChI is InChI=1S/C20H23BrN2O4/c1-5-26-20-16(21)9-15(10-18(20)25-4)11-22-23-19(24)12-27-17-8-6-7-13(2)14(17)3/h6-11H,5,12H2,1-4H3,(H,23,24)/b22-11+. The van der Waals surface area contributed by atoms with Gasteiger partial charge in [-0.1, -0.05) is 12.1 Å². The molecule has 6 nitrogen and oxygen atoms in total. The Morgan fingerprint density at radius 2 is 2.00 bits per heavy atom. The second-order valence-electron chi connectivity index (χ2n) is 5.75. The lowest BCUT2D eigenvalue weighted by atomic mass is 10.1. The number of halogens is 1. The number of aryl methyl sites for hydroxylation is 1. The molecular formula is C20H23BrN2O4. The van der Waals surface area contributed by atoms with Crippen molar-refractivity contribution in [2.24, 2.45) is 5.10 Å². The van der Waals surface area contributed by atoms with Crippen LogP contribution in [0.3, 0.4) is 0 Å². The minimum Gasteiger partial charge on any atom is -0.493 e. The summed E-state index contributed by atoms with van der Waals surface area (Å²) in [5.41, 5.74) is 5.32. The van der Waals surface area contributed by atoms with Crippen molar-refractivity contribution in [2.45, 2.75) is 20.8 Å². The van der Waals surface area contributed by atoms with Crippen LogP contribution in [0.1, 0.15) is 23.6 Å². The van der Waals surface area contributed by atoms with E-state index in [9.17, 15) is 4.79 Å². The van der Waals surface area contributed by atoms with Crippen LogP contribution in [-0.4, -0.2) is 32.4 Å². The van der Waals surface area contributed by atoms with Gasteiger partial charge in [0, 0.05) is 0 Å². The molecule has 0 aliphatic heterocycles. The van der Waals surface area contributed by atoms with Gasteiger partial charge in [0.05, 0.1) is 24.4 Å². The third kappa shape index (κ3) is 5.72. The summed E-state index contributed by atoms with van der Waals surface area (Å²) in [6, 6.07) is 9.33. The van der Waals surface area contributed by atoms with Gasteiger partial charge >= 0.3 is 0 Å². The molecule has 1 N–H and O–H groups in total. The van der Waals surface area contributed by atoms with E-state index in [2.05, 4.69) is 26.5 Å². The highest BCUT2D eigenvalue weighted by molar-refractivity contribution is 9.10. The second-order valence-corrected chi connectivity index (χ2v) is 6.60. The SMILES string of the molecule is CCOc1c(Br)cc(/C=N/NC(=O)COc2cccc(C)c2C)cc1OC. The Hall–Kier alpha value is -2.54. The summed E-state index contributed by atoms with van der Waals surface area (Å²) in [5.74, 6) is 1.55. The van der Waals surface area contributed by atoms with Crippen LogP contribution in [0.15, 0.2) is 39.9 Å². The third-order valence-electron chi connectivity index (χ3n) is 3.86. The van der Waals surface area contributed by atoms with E-state index < -0.39 is 0 Å². The second kappa shape index (κ2) is 9.97. The maximum absolute atomic E-state index is 11.9. The van der Waals surface area contributed by atoms with Gasteiger partial charge in [-0.05, 0) is 71.6 Å². The summed E-state index contributed by atoms with van der Waals surface area (Å²) in [5, 5.41) is 3.96. The Balaban J connectivity index is 1.95. The first kappa shape index (κ1) is 20.8. The zero-order valence-electron chi connectivity index (χ0n) is 15.8. The molecule has 0 fully saturated rings. The number of hydrogen-bond donors (Lipinski definition) is 1. The van der Waals surface area contributed by atoms with Gasteiger partial charge in [0.15, 0.2) is 18.1 Å². The van der Waals surface area contributed by atoms with Crippen molar-refractivity contribution in [1.82, 2.24) is 5.43 Å². The van der Waals surface area contributed by atoms with Crippen LogP contribution in [0.4, 0.5) is 0 Å². The molecular weight excluding hydrogens is 412 g/mol. The zero-order chi connectivity index (χ0) is 19.8. The molecule has 0 saturated carbocycles. The summed E-state index contributed by atoms with van der Waals surface area (Å²) < 4.78 is 17.2. The molecule has 7 heteroatoms. The largest absolute Gasteiger partial charge is 0.493 e. The number of amides is 1. The van der Waals surface area contributed by atoms with Crippen LogP contribution in [0.5, 0.6) is 17.2 Å².